The number of aliphatic hydroxyl groups is 2. The van der Waals surface area contributed by atoms with Crippen LogP contribution in [0.2, 0.25) is 0 Å². The summed E-state index contributed by atoms with van der Waals surface area (Å²) in [7, 11) is 7.65. The average Bonchev–Trinajstić information content (AvgIpc) is 3.58. The highest BCUT2D eigenvalue weighted by atomic mass is 16.5. The summed E-state index contributed by atoms with van der Waals surface area (Å²) >= 11 is 0. The lowest BCUT2D eigenvalue weighted by Gasteiger charge is -2.62. The van der Waals surface area contributed by atoms with Crippen LogP contribution < -0.4 is 18.9 Å². The molecule has 10 rings (SSSR count). The van der Waals surface area contributed by atoms with Crippen LogP contribution in [0.25, 0.3) is 0 Å². The van der Waals surface area contributed by atoms with Crippen molar-refractivity contribution in [1.82, 2.24) is 9.80 Å². The Morgan fingerprint density at radius 1 is 0.867 bits per heavy atom. The third kappa shape index (κ3) is 3.26. The summed E-state index contributed by atoms with van der Waals surface area (Å²) in [6, 6.07) is 8.88. The van der Waals surface area contributed by atoms with Gasteiger partial charge in [-0.2, -0.15) is 0 Å². The molecular weight excluding hydrogens is 572 g/mol. The van der Waals surface area contributed by atoms with Crippen molar-refractivity contribution in [2.75, 3.05) is 41.4 Å². The molecule has 0 aromatic heterocycles. The van der Waals surface area contributed by atoms with Gasteiger partial charge in [-0.25, -0.2) is 0 Å². The van der Waals surface area contributed by atoms with Crippen molar-refractivity contribution < 1.29 is 34.0 Å². The number of nitrogens with zero attached hydrogens (tertiary/aromatic N) is 2. The fourth-order valence-electron chi connectivity index (χ4n) is 11.5. The number of carbonyl (C=O) groups is 1. The molecule has 4 bridgehead atoms. The molecule has 2 aromatic rings. The van der Waals surface area contributed by atoms with Crippen molar-refractivity contribution in [2.45, 2.75) is 98.2 Å². The van der Waals surface area contributed by atoms with E-state index in [2.05, 4.69) is 36.0 Å². The first-order valence-electron chi connectivity index (χ1n) is 16.8. The number of likely N-dealkylation sites (tertiary alicyclic amines) is 2. The number of benzene rings is 2. The Morgan fingerprint density at radius 2 is 1.56 bits per heavy atom. The fraction of sp³-hybridized carbons (Fsp3) is 0.639. The Kier molecular flexibility index (Phi) is 5.91. The highest BCUT2D eigenvalue weighted by molar-refractivity contribution is 5.90. The second-order valence-corrected chi connectivity index (χ2v) is 14.9. The first-order valence-corrected chi connectivity index (χ1v) is 16.8. The molecule has 2 saturated carbocycles. The van der Waals surface area contributed by atoms with Gasteiger partial charge in [0.25, 0.3) is 0 Å². The van der Waals surface area contributed by atoms with E-state index in [1.165, 1.54) is 16.7 Å². The van der Waals surface area contributed by atoms with E-state index in [0.29, 0.717) is 36.3 Å². The first-order chi connectivity index (χ1) is 21.7. The van der Waals surface area contributed by atoms with Gasteiger partial charge in [-0.15, -0.1) is 0 Å². The highest BCUT2D eigenvalue weighted by Crippen LogP contribution is 2.65. The number of methoxy groups -OCH3 is 2. The van der Waals surface area contributed by atoms with Gasteiger partial charge in [0.2, 0.25) is 0 Å². The molecule has 240 valence electrons. The summed E-state index contributed by atoms with van der Waals surface area (Å²) in [6.45, 7) is 1.96. The second-order valence-electron chi connectivity index (χ2n) is 14.9. The Balaban J connectivity index is 0.000000125. The molecule has 2 aromatic carbocycles. The summed E-state index contributed by atoms with van der Waals surface area (Å²) in [5.74, 6) is 3.81. The summed E-state index contributed by atoms with van der Waals surface area (Å²) in [6.07, 6.45) is 5.58. The number of hydrogen-bond acceptors (Lipinski definition) is 9. The van der Waals surface area contributed by atoms with Gasteiger partial charge in [0, 0.05) is 35.0 Å². The molecule has 4 aliphatic heterocycles. The molecule has 9 heteroatoms. The average molecular weight is 617 g/mol. The van der Waals surface area contributed by atoms with E-state index in [4.69, 9.17) is 18.9 Å². The van der Waals surface area contributed by atoms with Crippen LogP contribution in [-0.4, -0.2) is 103 Å². The van der Waals surface area contributed by atoms with Crippen molar-refractivity contribution in [3.05, 3.63) is 46.5 Å². The molecule has 8 aliphatic rings. The fourth-order valence-corrected chi connectivity index (χ4v) is 11.5. The SMILES string of the molecule is COc1ccc2c3c1O[C@H]1C(=O)CC[C@@]4(O)[C@@H](C2)N(C)CC[C@]314.COc1ccc2c3c1O[C@H]1[C@@H](O)CC[C@H]4[C@@H](C2)N(C)CC[C@@]341. The van der Waals surface area contributed by atoms with Gasteiger partial charge in [0.1, 0.15) is 6.10 Å². The molecule has 2 saturated heterocycles. The number of rotatable bonds is 2. The van der Waals surface area contributed by atoms with Crippen LogP contribution in [0.4, 0.5) is 0 Å². The largest absolute Gasteiger partial charge is 0.493 e. The van der Waals surface area contributed by atoms with Gasteiger partial charge in [-0.1, -0.05) is 12.1 Å². The van der Waals surface area contributed by atoms with E-state index in [1.807, 2.05) is 12.1 Å². The van der Waals surface area contributed by atoms with E-state index >= 15 is 0 Å². The molecule has 0 amide bonds. The van der Waals surface area contributed by atoms with Crippen molar-refractivity contribution in [3.63, 3.8) is 0 Å². The van der Waals surface area contributed by atoms with Crippen LogP contribution in [-0.2, 0) is 28.5 Å². The predicted molar refractivity (Wildman–Crippen MR) is 166 cm³/mol. The zero-order valence-corrected chi connectivity index (χ0v) is 26.7. The Labute approximate surface area is 264 Å². The number of aliphatic hydroxyl groups excluding tert-OH is 1. The lowest BCUT2D eigenvalue weighted by molar-refractivity contribution is -0.185. The molecule has 0 unspecified atom stereocenters. The molecule has 0 radical (unpaired) electrons. The Morgan fingerprint density at radius 3 is 2.29 bits per heavy atom. The van der Waals surface area contributed by atoms with E-state index in [-0.39, 0.29) is 29.4 Å². The molecule has 9 nitrogen and oxygen atoms in total. The minimum Gasteiger partial charge on any atom is -0.493 e. The number of ether oxygens (including phenoxy) is 4. The zero-order chi connectivity index (χ0) is 31.0. The monoisotopic (exact) mass is 616 g/mol. The smallest absolute Gasteiger partial charge is 0.174 e. The Hall–Kier alpha value is -2.85. The van der Waals surface area contributed by atoms with E-state index in [9.17, 15) is 15.0 Å². The van der Waals surface area contributed by atoms with Crippen LogP contribution in [0.15, 0.2) is 24.3 Å². The molecule has 9 atom stereocenters. The third-order valence-corrected chi connectivity index (χ3v) is 13.5. The van der Waals surface area contributed by atoms with Gasteiger partial charge in [-0.05, 0) is 101 Å². The molecule has 45 heavy (non-hydrogen) atoms. The van der Waals surface area contributed by atoms with E-state index in [1.54, 1.807) is 14.2 Å². The maximum absolute atomic E-state index is 12.7. The van der Waals surface area contributed by atoms with Crippen LogP contribution in [0.1, 0.15) is 60.8 Å². The molecule has 2 spiro atoms. The number of Topliss-reactive ketones (excluding diaryl/α,β-unsaturated/α-hetero) is 1. The standard InChI is InChI=1S/C18H21NO4.C18H23NO3/c1-19-8-7-17-14-10-3-4-12(22-2)15(14)23-16(17)11(20)5-6-18(17,21)13(19)9-10;1-19-8-7-18-11-4-5-13(20)17(18)22-16-14(21-2)6-3-10(15(16)18)9-12(11)19/h3-4,13,16,21H,5-9H2,1-2H3;3,6,11-13,17,20H,4-5,7-9H2,1-2H3/t13-,16+,17+,18-;11-,12+,13-,17-,18-/m10/s1. The summed E-state index contributed by atoms with van der Waals surface area (Å²) in [4.78, 5) is 17.4. The van der Waals surface area contributed by atoms with Gasteiger partial charge < -0.3 is 39.0 Å². The number of ketones is 1. The number of hydrogen-bond donors (Lipinski definition) is 2. The zero-order valence-electron chi connectivity index (χ0n) is 26.7. The summed E-state index contributed by atoms with van der Waals surface area (Å²) in [5.41, 5.74) is 3.51. The van der Waals surface area contributed by atoms with Crippen LogP contribution in [0.5, 0.6) is 23.0 Å². The number of piperidine rings is 2. The minimum absolute atomic E-state index is 0.00625. The number of carbonyl (C=O) groups excluding carboxylic acids is 1. The molecule has 4 heterocycles. The van der Waals surface area contributed by atoms with E-state index < -0.39 is 17.1 Å². The number of likely N-dealkylation sites (N-methyl/N-ethyl adjacent to an activating group) is 2. The minimum atomic E-state index is -0.900. The van der Waals surface area contributed by atoms with Crippen molar-refractivity contribution in [3.8, 4) is 23.0 Å². The summed E-state index contributed by atoms with van der Waals surface area (Å²) < 4.78 is 23.5. The van der Waals surface area contributed by atoms with Gasteiger partial charge in [-0.3, -0.25) is 4.79 Å². The molecule has 4 aliphatic carbocycles. The van der Waals surface area contributed by atoms with Crippen molar-refractivity contribution in [1.29, 1.82) is 0 Å². The lowest BCUT2D eigenvalue weighted by Crippen LogP contribution is -2.76. The second kappa shape index (κ2) is 9.37. The van der Waals surface area contributed by atoms with Gasteiger partial charge in [0.05, 0.1) is 31.3 Å². The van der Waals surface area contributed by atoms with Gasteiger partial charge >= 0.3 is 0 Å². The molecule has 4 fully saturated rings. The van der Waals surface area contributed by atoms with E-state index in [0.717, 1.165) is 68.7 Å². The van der Waals surface area contributed by atoms with Gasteiger partial charge in [0.15, 0.2) is 34.9 Å². The normalized spacial score (nSPS) is 41.2. The predicted octanol–water partition coefficient (Wildman–Crippen LogP) is 2.77. The van der Waals surface area contributed by atoms with Crippen LogP contribution in [0.3, 0.4) is 0 Å². The van der Waals surface area contributed by atoms with Crippen molar-refractivity contribution >= 4 is 5.78 Å². The molecular formula is C36H44N2O7. The summed E-state index contributed by atoms with van der Waals surface area (Å²) in [5, 5.41) is 22.4. The topological polar surface area (TPSA) is 101 Å². The quantitative estimate of drug-likeness (QED) is 0.528. The van der Waals surface area contributed by atoms with Crippen LogP contribution >= 0.6 is 0 Å². The maximum Gasteiger partial charge on any atom is 0.174 e. The lowest BCUT2D eigenvalue weighted by atomic mass is 9.49. The van der Waals surface area contributed by atoms with Crippen LogP contribution in [0, 0.1) is 5.92 Å². The third-order valence-electron chi connectivity index (χ3n) is 13.5. The maximum atomic E-state index is 12.7. The first kappa shape index (κ1) is 28.4. The highest BCUT2D eigenvalue weighted by Gasteiger charge is 2.73. The van der Waals surface area contributed by atoms with Crippen molar-refractivity contribution in [2.24, 2.45) is 5.92 Å². The molecule has 2 N–H and O–H groups in total. The Bertz CT molecular complexity index is 1610.